The quantitative estimate of drug-likeness (QED) is 0.844. The van der Waals surface area contributed by atoms with Gasteiger partial charge < -0.3 is 10.1 Å². The van der Waals surface area contributed by atoms with Crippen LogP contribution < -0.4 is 15.2 Å². The van der Waals surface area contributed by atoms with Crippen LogP contribution >= 0.6 is 0 Å². The summed E-state index contributed by atoms with van der Waals surface area (Å²) >= 11 is 0. The fourth-order valence-corrected chi connectivity index (χ4v) is 2.50. The van der Waals surface area contributed by atoms with Gasteiger partial charge in [-0.2, -0.15) is 0 Å². The molecular formula is C12H18N2O3S. The molecule has 0 saturated carbocycles. The summed E-state index contributed by atoms with van der Waals surface area (Å²) in [5, 5.41) is 8.32. The molecule has 0 spiro atoms. The molecule has 1 fully saturated rings. The molecular weight excluding hydrogens is 252 g/mol. The van der Waals surface area contributed by atoms with E-state index in [4.69, 9.17) is 9.88 Å². The summed E-state index contributed by atoms with van der Waals surface area (Å²) in [5.41, 5.74) is 0. The third kappa shape index (κ3) is 3.69. The Balaban J connectivity index is 1.90. The van der Waals surface area contributed by atoms with E-state index >= 15 is 0 Å². The van der Waals surface area contributed by atoms with Gasteiger partial charge in [-0.25, -0.2) is 13.6 Å². The van der Waals surface area contributed by atoms with Crippen molar-refractivity contribution < 1.29 is 13.2 Å². The lowest BCUT2D eigenvalue weighted by Crippen LogP contribution is -2.30. The van der Waals surface area contributed by atoms with Crippen molar-refractivity contribution in [1.29, 1.82) is 0 Å². The van der Waals surface area contributed by atoms with Gasteiger partial charge in [0.1, 0.15) is 5.75 Å². The summed E-state index contributed by atoms with van der Waals surface area (Å²) in [7, 11) is -3.62. The summed E-state index contributed by atoms with van der Waals surface area (Å²) < 4.78 is 27.8. The predicted octanol–water partition coefficient (Wildman–Crippen LogP) is 0.712. The van der Waals surface area contributed by atoms with Gasteiger partial charge in [0.2, 0.25) is 10.0 Å². The van der Waals surface area contributed by atoms with Crippen LogP contribution in [0.2, 0.25) is 0 Å². The van der Waals surface area contributed by atoms with E-state index in [2.05, 4.69) is 5.32 Å². The molecule has 0 bridgehead atoms. The highest BCUT2D eigenvalue weighted by atomic mass is 32.2. The second-order valence-electron chi connectivity index (χ2n) is 4.52. The number of ether oxygens (including phenoxy) is 1. The summed E-state index contributed by atoms with van der Waals surface area (Å²) in [6, 6.07) is 6.21. The minimum atomic E-state index is -3.62. The molecule has 100 valence electrons. The number of sulfonamides is 1. The molecule has 5 nitrogen and oxygen atoms in total. The summed E-state index contributed by atoms with van der Waals surface area (Å²) in [6.45, 7) is 2.76. The van der Waals surface area contributed by atoms with Crippen molar-refractivity contribution in [2.24, 2.45) is 11.1 Å². The van der Waals surface area contributed by atoms with E-state index in [-0.39, 0.29) is 4.90 Å². The molecule has 0 amide bonds. The third-order valence-electron chi connectivity index (χ3n) is 3.10. The van der Waals surface area contributed by atoms with Crippen LogP contribution in [0.1, 0.15) is 12.8 Å². The highest BCUT2D eigenvalue weighted by molar-refractivity contribution is 7.89. The third-order valence-corrected chi connectivity index (χ3v) is 4.03. The number of benzene rings is 1. The zero-order chi connectivity index (χ0) is 13.0. The van der Waals surface area contributed by atoms with Gasteiger partial charge >= 0.3 is 0 Å². The molecule has 1 heterocycles. The van der Waals surface area contributed by atoms with Gasteiger partial charge in [0.25, 0.3) is 0 Å². The van der Waals surface area contributed by atoms with Gasteiger partial charge in [0.15, 0.2) is 0 Å². The zero-order valence-electron chi connectivity index (χ0n) is 10.1. The van der Waals surface area contributed by atoms with Gasteiger partial charge in [0, 0.05) is 0 Å². The molecule has 3 N–H and O–H groups in total. The van der Waals surface area contributed by atoms with Crippen LogP contribution in [0.25, 0.3) is 0 Å². The summed E-state index contributed by atoms with van der Waals surface area (Å²) in [4.78, 5) is 0.108. The monoisotopic (exact) mass is 270 g/mol. The minimum Gasteiger partial charge on any atom is -0.493 e. The van der Waals surface area contributed by atoms with Crippen molar-refractivity contribution in [2.45, 2.75) is 17.7 Å². The van der Waals surface area contributed by atoms with Crippen LogP contribution in [0.3, 0.4) is 0 Å². The number of hydrogen-bond acceptors (Lipinski definition) is 4. The maximum absolute atomic E-state index is 11.1. The molecule has 1 aliphatic heterocycles. The summed E-state index contributed by atoms with van der Waals surface area (Å²) in [5.74, 6) is 1.25. The van der Waals surface area contributed by atoms with E-state index in [1.807, 2.05) is 0 Å². The van der Waals surface area contributed by atoms with Crippen molar-refractivity contribution in [3.05, 3.63) is 24.3 Å². The number of hydrogen-bond donors (Lipinski definition) is 2. The molecule has 18 heavy (non-hydrogen) atoms. The molecule has 0 radical (unpaired) electrons. The van der Waals surface area contributed by atoms with E-state index in [0.717, 1.165) is 25.9 Å². The van der Waals surface area contributed by atoms with Gasteiger partial charge in [0.05, 0.1) is 11.5 Å². The van der Waals surface area contributed by atoms with E-state index in [9.17, 15) is 8.42 Å². The highest BCUT2D eigenvalue weighted by Gasteiger charge is 2.13. The molecule has 6 heteroatoms. The van der Waals surface area contributed by atoms with Crippen molar-refractivity contribution in [3.63, 3.8) is 0 Å². The van der Waals surface area contributed by atoms with Crippen molar-refractivity contribution in [2.75, 3.05) is 19.7 Å². The Morgan fingerprint density at radius 3 is 2.39 bits per heavy atom. The predicted molar refractivity (Wildman–Crippen MR) is 68.9 cm³/mol. The molecule has 2 rings (SSSR count). The molecule has 0 unspecified atom stereocenters. The van der Waals surface area contributed by atoms with Gasteiger partial charge in [-0.15, -0.1) is 0 Å². The molecule has 1 aromatic carbocycles. The molecule has 0 aliphatic carbocycles. The van der Waals surface area contributed by atoms with E-state index in [1.54, 1.807) is 12.1 Å². The van der Waals surface area contributed by atoms with Crippen LogP contribution in [0.4, 0.5) is 0 Å². The topological polar surface area (TPSA) is 81.4 Å². The van der Waals surface area contributed by atoms with Crippen LogP contribution in [-0.2, 0) is 10.0 Å². The Labute approximate surface area is 107 Å². The fourth-order valence-electron chi connectivity index (χ4n) is 1.99. The second-order valence-corrected chi connectivity index (χ2v) is 6.08. The first-order valence-corrected chi connectivity index (χ1v) is 7.57. The molecule has 1 aromatic rings. The van der Waals surface area contributed by atoms with Crippen LogP contribution in [0, 0.1) is 5.92 Å². The van der Waals surface area contributed by atoms with E-state index in [1.165, 1.54) is 12.1 Å². The first-order chi connectivity index (χ1) is 8.55. The van der Waals surface area contributed by atoms with Crippen molar-refractivity contribution in [3.8, 4) is 5.75 Å². The van der Waals surface area contributed by atoms with Crippen LogP contribution in [-0.4, -0.2) is 28.1 Å². The number of rotatable bonds is 4. The van der Waals surface area contributed by atoms with Gasteiger partial charge in [-0.1, -0.05) is 0 Å². The summed E-state index contributed by atoms with van der Waals surface area (Å²) in [6.07, 6.45) is 2.24. The number of nitrogens with two attached hydrogens (primary N) is 1. The maximum Gasteiger partial charge on any atom is 0.238 e. The Bertz CT molecular complexity index is 479. The Morgan fingerprint density at radius 1 is 1.22 bits per heavy atom. The molecule has 1 aliphatic rings. The van der Waals surface area contributed by atoms with Crippen molar-refractivity contribution in [1.82, 2.24) is 5.32 Å². The Hall–Kier alpha value is -1.11. The number of piperidine rings is 1. The molecule has 0 atom stereocenters. The first kappa shape index (κ1) is 13.3. The van der Waals surface area contributed by atoms with E-state index < -0.39 is 10.0 Å². The Kier molecular flexibility index (Phi) is 4.21. The van der Waals surface area contributed by atoms with Gasteiger partial charge in [-0.3, -0.25) is 0 Å². The minimum absolute atomic E-state index is 0.108. The zero-order valence-corrected chi connectivity index (χ0v) is 10.9. The Morgan fingerprint density at radius 2 is 1.83 bits per heavy atom. The average Bonchev–Trinajstić information content (AvgIpc) is 2.37. The lowest BCUT2D eigenvalue weighted by Gasteiger charge is -2.22. The lowest BCUT2D eigenvalue weighted by molar-refractivity contribution is 0.215. The standard InChI is InChI=1S/C12H18N2O3S/c13-18(15,16)12-3-1-11(2-4-12)17-9-10-5-7-14-8-6-10/h1-4,10,14H,5-9H2,(H2,13,15,16). The van der Waals surface area contributed by atoms with Gasteiger partial charge in [-0.05, 0) is 56.1 Å². The first-order valence-electron chi connectivity index (χ1n) is 6.02. The largest absolute Gasteiger partial charge is 0.493 e. The van der Waals surface area contributed by atoms with Crippen LogP contribution in [0.15, 0.2) is 29.2 Å². The molecule has 0 aromatic heterocycles. The second kappa shape index (κ2) is 5.69. The van der Waals surface area contributed by atoms with Crippen LogP contribution in [0.5, 0.6) is 5.75 Å². The fraction of sp³-hybridized carbons (Fsp3) is 0.500. The average molecular weight is 270 g/mol. The maximum atomic E-state index is 11.1. The van der Waals surface area contributed by atoms with Crippen molar-refractivity contribution >= 4 is 10.0 Å². The smallest absolute Gasteiger partial charge is 0.238 e. The SMILES string of the molecule is NS(=O)(=O)c1ccc(OCC2CCNCC2)cc1. The normalized spacial score (nSPS) is 17.6. The molecule has 1 saturated heterocycles. The number of primary sulfonamides is 1. The number of nitrogens with one attached hydrogen (secondary N) is 1. The lowest BCUT2D eigenvalue weighted by atomic mass is 9.99. The highest BCUT2D eigenvalue weighted by Crippen LogP contribution is 2.18. The van der Waals surface area contributed by atoms with E-state index in [0.29, 0.717) is 18.3 Å².